The van der Waals surface area contributed by atoms with Crippen molar-refractivity contribution in [3.8, 4) is 0 Å². The van der Waals surface area contributed by atoms with Crippen molar-refractivity contribution in [2.24, 2.45) is 0 Å². The van der Waals surface area contributed by atoms with Crippen LogP contribution in [0.25, 0.3) is 0 Å². The second kappa shape index (κ2) is 2.62. The Morgan fingerprint density at radius 1 is 1.55 bits per heavy atom. The normalized spacial score (nSPS) is 17.2. The zero-order valence-electron chi connectivity index (χ0n) is 6.50. The average molecular weight is 153 g/mol. The van der Waals surface area contributed by atoms with Crippen molar-refractivity contribution in [2.45, 2.75) is 25.3 Å². The summed E-state index contributed by atoms with van der Waals surface area (Å²) in [7, 11) is 1.86. The van der Waals surface area contributed by atoms with Gasteiger partial charge in [0.05, 0.1) is 6.54 Å². The van der Waals surface area contributed by atoms with Crippen molar-refractivity contribution in [2.75, 3.05) is 7.05 Å². The number of aromatic nitrogens is 2. The van der Waals surface area contributed by atoms with Gasteiger partial charge >= 0.3 is 0 Å². The van der Waals surface area contributed by atoms with E-state index in [4.69, 9.17) is 4.42 Å². The lowest BCUT2D eigenvalue weighted by Crippen LogP contribution is -2.04. The van der Waals surface area contributed by atoms with E-state index >= 15 is 0 Å². The molecule has 1 heterocycles. The lowest BCUT2D eigenvalue weighted by molar-refractivity contribution is 0.441. The van der Waals surface area contributed by atoms with Crippen molar-refractivity contribution < 1.29 is 4.42 Å². The molecule has 0 radical (unpaired) electrons. The average Bonchev–Trinajstić information content (AvgIpc) is 2.75. The van der Waals surface area contributed by atoms with Gasteiger partial charge in [-0.15, -0.1) is 10.2 Å². The van der Waals surface area contributed by atoms with E-state index in [2.05, 4.69) is 15.5 Å². The Hall–Kier alpha value is -0.900. The van der Waals surface area contributed by atoms with Gasteiger partial charge in [-0.1, -0.05) is 0 Å². The van der Waals surface area contributed by atoms with Gasteiger partial charge in [0.1, 0.15) is 0 Å². The quantitative estimate of drug-likeness (QED) is 0.693. The maximum atomic E-state index is 5.36. The first kappa shape index (κ1) is 6.79. The molecule has 60 valence electrons. The molecule has 11 heavy (non-hydrogen) atoms. The van der Waals surface area contributed by atoms with Crippen LogP contribution < -0.4 is 5.32 Å². The standard InChI is InChI=1S/C7H11N3O/c1-8-4-6-9-10-7(11-6)5-2-3-5/h5,8H,2-4H2,1H3. The maximum absolute atomic E-state index is 5.36. The van der Waals surface area contributed by atoms with E-state index in [0.717, 1.165) is 5.89 Å². The molecule has 2 rings (SSSR count). The van der Waals surface area contributed by atoms with Crippen LogP contribution in [0.2, 0.25) is 0 Å². The first-order valence-electron chi connectivity index (χ1n) is 3.87. The van der Waals surface area contributed by atoms with E-state index in [0.29, 0.717) is 18.4 Å². The molecule has 1 fully saturated rings. The first-order chi connectivity index (χ1) is 5.40. The summed E-state index contributed by atoms with van der Waals surface area (Å²) in [6, 6.07) is 0. The molecule has 0 aromatic carbocycles. The summed E-state index contributed by atoms with van der Waals surface area (Å²) < 4.78 is 5.36. The van der Waals surface area contributed by atoms with Gasteiger partial charge in [-0.25, -0.2) is 0 Å². The van der Waals surface area contributed by atoms with E-state index in [-0.39, 0.29) is 0 Å². The van der Waals surface area contributed by atoms with E-state index in [1.165, 1.54) is 12.8 Å². The zero-order valence-corrected chi connectivity index (χ0v) is 6.50. The zero-order chi connectivity index (χ0) is 7.68. The molecule has 1 aliphatic carbocycles. The Morgan fingerprint density at radius 3 is 3.00 bits per heavy atom. The summed E-state index contributed by atoms with van der Waals surface area (Å²) in [5, 5.41) is 10.8. The minimum atomic E-state index is 0.563. The molecule has 0 atom stereocenters. The summed E-state index contributed by atoms with van der Waals surface area (Å²) in [4.78, 5) is 0. The van der Waals surface area contributed by atoms with Gasteiger partial charge in [0.2, 0.25) is 11.8 Å². The van der Waals surface area contributed by atoms with E-state index in [1.54, 1.807) is 0 Å². The summed E-state index contributed by atoms with van der Waals surface area (Å²) in [5.74, 6) is 2.07. The molecule has 0 bridgehead atoms. The Labute approximate surface area is 65.0 Å². The van der Waals surface area contributed by atoms with Crippen LogP contribution in [0.4, 0.5) is 0 Å². The molecule has 1 aliphatic rings. The Bertz CT molecular complexity index is 242. The molecule has 0 amide bonds. The van der Waals surface area contributed by atoms with Crippen LogP contribution in [0.15, 0.2) is 4.42 Å². The third-order valence-electron chi connectivity index (χ3n) is 1.74. The molecule has 1 aromatic rings. The fraction of sp³-hybridized carbons (Fsp3) is 0.714. The minimum Gasteiger partial charge on any atom is -0.424 e. The highest BCUT2D eigenvalue weighted by atomic mass is 16.4. The highest BCUT2D eigenvalue weighted by Gasteiger charge is 2.29. The van der Waals surface area contributed by atoms with E-state index in [1.807, 2.05) is 7.05 Å². The topological polar surface area (TPSA) is 51.0 Å². The van der Waals surface area contributed by atoms with Crippen LogP contribution in [0.3, 0.4) is 0 Å². The first-order valence-corrected chi connectivity index (χ1v) is 3.87. The van der Waals surface area contributed by atoms with Crippen molar-refractivity contribution >= 4 is 0 Å². The highest BCUT2D eigenvalue weighted by molar-refractivity contribution is 4.99. The Morgan fingerprint density at radius 2 is 2.36 bits per heavy atom. The summed E-state index contributed by atoms with van der Waals surface area (Å²) in [6.45, 7) is 0.666. The smallest absolute Gasteiger partial charge is 0.230 e. The predicted molar refractivity (Wildman–Crippen MR) is 39.0 cm³/mol. The number of nitrogens with one attached hydrogen (secondary N) is 1. The fourth-order valence-corrected chi connectivity index (χ4v) is 0.985. The lowest BCUT2D eigenvalue weighted by Gasteiger charge is -1.88. The third kappa shape index (κ3) is 1.40. The fourth-order valence-electron chi connectivity index (χ4n) is 0.985. The largest absolute Gasteiger partial charge is 0.424 e. The number of rotatable bonds is 3. The van der Waals surface area contributed by atoms with Gasteiger partial charge < -0.3 is 9.73 Å². The summed E-state index contributed by atoms with van der Waals surface area (Å²) >= 11 is 0. The van der Waals surface area contributed by atoms with Crippen LogP contribution in [-0.4, -0.2) is 17.2 Å². The molecule has 0 aliphatic heterocycles. The second-order valence-corrected chi connectivity index (χ2v) is 2.84. The molecule has 1 N–H and O–H groups in total. The van der Waals surface area contributed by atoms with Crippen LogP contribution in [0.5, 0.6) is 0 Å². The molecular formula is C7H11N3O. The Balaban J connectivity index is 2.06. The van der Waals surface area contributed by atoms with Crippen LogP contribution in [0.1, 0.15) is 30.5 Å². The van der Waals surface area contributed by atoms with Crippen LogP contribution >= 0.6 is 0 Å². The van der Waals surface area contributed by atoms with Gasteiger partial charge in [0.15, 0.2) is 0 Å². The molecule has 0 unspecified atom stereocenters. The van der Waals surface area contributed by atoms with Crippen molar-refractivity contribution in [3.05, 3.63) is 11.8 Å². The summed E-state index contributed by atoms with van der Waals surface area (Å²) in [6.07, 6.45) is 2.42. The van der Waals surface area contributed by atoms with Gasteiger partial charge in [0.25, 0.3) is 0 Å². The van der Waals surface area contributed by atoms with Crippen molar-refractivity contribution in [1.82, 2.24) is 15.5 Å². The number of hydrogen-bond acceptors (Lipinski definition) is 4. The highest BCUT2D eigenvalue weighted by Crippen LogP contribution is 2.38. The van der Waals surface area contributed by atoms with Gasteiger partial charge in [-0.3, -0.25) is 0 Å². The molecule has 1 saturated carbocycles. The molecular weight excluding hydrogens is 142 g/mol. The predicted octanol–water partition coefficient (Wildman–Crippen LogP) is 0.666. The SMILES string of the molecule is CNCc1nnc(C2CC2)o1. The van der Waals surface area contributed by atoms with Crippen molar-refractivity contribution in [1.29, 1.82) is 0 Å². The van der Waals surface area contributed by atoms with Crippen LogP contribution in [0, 0.1) is 0 Å². The summed E-state index contributed by atoms with van der Waals surface area (Å²) in [5.41, 5.74) is 0. The van der Waals surface area contributed by atoms with Crippen molar-refractivity contribution in [3.63, 3.8) is 0 Å². The van der Waals surface area contributed by atoms with Gasteiger partial charge in [-0.05, 0) is 19.9 Å². The third-order valence-corrected chi connectivity index (χ3v) is 1.74. The van der Waals surface area contributed by atoms with Gasteiger partial charge in [0, 0.05) is 5.92 Å². The van der Waals surface area contributed by atoms with Crippen LogP contribution in [-0.2, 0) is 6.54 Å². The maximum Gasteiger partial charge on any atom is 0.230 e. The minimum absolute atomic E-state index is 0.563. The molecule has 0 saturated heterocycles. The molecule has 4 heteroatoms. The van der Waals surface area contributed by atoms with Gasteiger partial charge in [-0.2, -0.15) is 0 Å². The van der Waals surface area contributed by atoms with E-state index < -0.39 is 0 Å². The number of hydrogen-bond donors (Lipinski definition) is 1. The second-order valence-electron chi connectivity index (χ2n) is 2.84. The molecule has 1 aromatic heterocycles. The molecule has 4 nitrogen and oxygen atoms in total. The van der Waals surface area contributed by atoms with E-state index in [9.17, 15) is 0 Å². The monoisotopic (exact) mass is 153 g/mol. The lowest BCUT2D eigenvalue weighted by atomic mass is 10.4. The number of nitrogens with zero attached hydrogens (tertiary/aromatic N) is 2. The molecule has 0 spiro atoms. The Kier molecular flexibility index (Phi) is 1.62.